The first kappa shape index (κ1) is 17.7. The predicted molar refractivity (Wildman–Crippen MR) is 98.1 cm³/mol. The van der Waals surface area contributed by atoms with Crippen LogP contribution in [0.15, 0.2) is 11.6 Å². The molecule has 3 saturated carbocycles. The van der Waals surface area contributed by atoms with E-state index in [4.69, 9.17) is 9.47 Å². The van der Waals surface area contributed by atoms with Gasteiger partial charge in [0.2, 0.25) is 0 Å². The molecule has 0 N–H and O–H groups in total. The Morgan fingerprint density at radius 3 is 2.84 bits per heavy atom. The van der Waals surface area contributed by atoms with Gasteiger partial charge in [0, 0.05) is 13.5 Å². The van der Waals surface area contributed by atoms with Crippen LogP contribution < -0.4 is 0 Å². The van der Waals surface area contributed by atoms with Gasteiger partial charge in [0.15, 0.2) is 6.29 Å². The Balaban J connectivity index is 1.61. The van der Waals surface area contributed by atoms with Gasteiger partial charge in [-0.05, 0) is 75.0 Å². The van der Waals surface area contributed by atoms with Crippen molar-refractivity contribution in [3.05, 3.63) is 11.6 Å². The van der Waals surface area contributed by atoms with Gasteiger partial charge in [-0.15, -0.1) is 0 Å². The predicted octanol–water partition coefficient (Wildman–Crippen LogP) is 4.90. The van der Waals surface area contributed by atoms with Crippen LogP contribution in [0.25, 0.3) is 0 Å². The van der Waals surface area contributed by atoms with Crippen molar-refractivity contribution in [3.8, 4) is 0 Å². The Hall–Kier alpha value is -0.670. The van der Waals surface area contributed by atoms with Gasteiger partial charge in [-0.2, -0.15) is 0 Å². The van der Waals surface area contributed by atoms with Crippen LogP contribution in [0.4, 0.5) is 0 Å². The zero-order valence-corrected chi connectivity index (χ0v) is 16.2. The average molecular weight is 347 g/mol. The first-order valence-electron chi connectivity index (χ1n) is 10.4. The maximum absolute atomic E-state index is 12.9. The van der Waals surface area contributed by atoms with E-state index in [0.29, 0.717) is 29.6 Å². The first-order chi connectivity index (χ1) is 12.0. The molecule has 25 heavy (non-hydrogen) atoms. The van der Waals surface area contributed by atoms with Crippen molar-refractivity contribution >= 4 is 5.78 Å². The molecule has 3 fully saturated rings. The summed E-state index contributed by atoms with van der Waals surface area (Å²) >= 11 is 0. The number of methoxy groups -OCH3 is 1. The van der Waals surface area contributed by atoms with Crippen molar-refractivity contribution in [2.24, 2.45) is 28.6 Å². The number of carbonyl (C=O) groups is 1. The largest absolute Gasteiger partial charge is 0.356 e. The monoisotopic (exact) mass is 346 g/mol. The molecule has 1 unspecified atom stereocenters. The van der Waals surface area contributed by atoms with Crippen molar-refractivity contribution in [1.82, 2.24) is 0 Å². The molecule has 0 spiro atoms. The second-order valence-corrected chi connectivity index (χ2v) is 9.24. The van der Waals surface area contributed by atoms with Crippen LogP contribution >= 0.6 is 0 Å². The molecule has 0 heterocycles. The number of ketones is 1. The summed E-state index contributed by atoms with van der Waals surface area (Å²) in [6.45, 7) is 5.01. The molecule has 3 nitrogen and oxygen atoms in total. The van der Waals surface area contributed by atoms with Crippen LogP contribution in [0.1, 0.15) is 71.6 Å². The van der Waals surface area contributed by atoms with Crippen molar-refractivity contribution < 1.29 is 14.3 Å². The van der Waals surface area contributed by atoms with E-state index in [0.717, 1.165) is 25.2 Å². The molecule has 4 aliphatic rings. The molecular weight excluding hydrogens is 312 g/mol. The SMILES string of the molecule is COC(C)OC[C@]12CC[C@H]3[C@@H](CC=C4CCCC[C@@]43C)[C@@H]1CCC2=O. The molecule has 4 aliphatic carbocycles. The maximum Gasteiger partial charge on any atom is 0.154 e. The van der Waals surface area contributed by atoms with Gasteiger partial charge in [0.1, 0.15) is 5.78 Å². The summed E-state index contributed by atoms with van der Waals surface area (Å²) in [5.74, 6) is 2.42. The summed E-state index contributed by atoms with van der Waals surface area (Å²) in [4.78, 5) is 12.9. The molecule has 140 valence electrons. The van der Waals surface area contributed by atoms with Gasteiger partial charge in [-0.1, -0.05) is 25.0 Å². The molecule has 0 bridgehead atoms. The van der Waals surface area contributed by atoms with E-state index in [2.05, 4.69) is 13.0 Å². The minimum atomic E-state index is -0.232. The van der Waals surface area contributed by atoms with E-state index in [9.17, 15) is 4.79 Å². The number of Topliss-reactive ketones (excluding diaryl/α,β-unsaturated/α-hetero) is 1. The number of hydrogen-bond acceptors (Lipinski definition) is 3. The third-order valence-electron chi connectivity index (χ3n) is 8.37. The fraction of sp³-hybridized carbons (Fsp3) is 0.864. The average Bonchev–Trinajstić information content (AvgIpc) is 2.96. The fourth-order valence-corrected chi connectivity index (χ4v) is 6.88. The highest BCUT2D eigenvalue weighted by Gasteiger charge is 2.60. The Morgan fingerprint density at radius 2 is 2.04 bits per heavy atom. The molecule has 0 saturated heterocycles. The topological polar surface area (TPSA) is 35.5 Å². The Bertz CT molecular complexity index is 568. The van der Waals surface area contributed by atoms with E-state index < -0.39 is 0 Å². The molecule has 4 rings (SSSR count). The van der Waals surface area contributed by atoms with Gasteiger partial charge in [0.25, 0.3) is 0 Å². The van der Waals surface area contributed by atoms with Crippen molar-refractivity contribution in [3.63, 3.8) is 0 Å². The minimum Gasteiger partial charge on any atom is -0.356 e. The normalized spacial score (nSPS) is 44.5. The third-order valence-corrected chi connectivity index (χ3v) is 8.37. The number of hydrogen-bond donors (Lipinski definition) is 0. The molecule has 0 aliphatic heterocycles. The zero-order valence-electron chi connectivity index (χ0n) is 16.2. The van der Waals surface area contributed by atoms with Gasteiger partial charge >= 0.3 is 0 Å². The summed E-state index contributed by atoms with van der Waals surface area (Å²) in [6.07, 6.45) is 13.0. The van der Waals surface area contributed by atoms with Crippen LogP contribution in [-0.2, 0) is 14.3 Å². The summed E-state index contributed by atoms with van der Waals surface area (Å²) in [7, 11) is 1.67. The van der Waals surface area contributed by atoms with E-state index >= 15 is 0 Å². The molecular formula is C22H34O3. The number of allylic oxidation sites excluding steroid dienone is 2. The van der Waals surface area contributed by atoms with Crippen LogP contribution in [0.5, 0.6) is 0 Å². The van der Waals surface area contributed by atoms with E-state index in [1.807, 2.05) is 6.92 Å². The smallest absolute Gasteiger partial charge is 0.154 e. The van der Waals surface area contributed by atoms with Gasteiger partial charge in [0.05, 0.1) is 12.0 Å². The fourth-order valence-electron chi connectivity index (χ4n) is 6.88. The lowest BCUT2D eigenvalue weighted by atomic mass is 9.48. The van der Waals surface area contributed by atoms with Crippen LogP contribution in [-0.4, -0.2) is 25.8 Å². The van der Waals surface area contributed by atoms with Crippen molar-refractivity contribution in [2.75, 3.05) is 13.7 Å². The molecule has 0 aromatic heterocycles. The van der Waals surface area contributed by atoms with Gasteiger partial charge in [-0.25, -0.2) is 0 Å². The summed E-state index contributed by atoms with van der Waals surface area (Å²) in [5, 5.41) is 0. The summed E-state index contributed by atoms with van der Waals surface area (Å²) < 4.78 is 11.2. The number of fused-ring (bicyclic) bond motifs is 5. The summed E-state index contributed by atoms with van der Waals surface area (Å²) in [5.41, 5.74) is 1.91. The van der Waals surface area contributed by atoms with Crippen LogP contribution in [0.3, 0.4) is 0 Å². The maximum atomic E-state index is 12.9. The van der Waals surface area contributed by atoms with Crippen molar-refractivity contribution in [1.29, 1.82) is 0 Å². The molecule has 0 amide bonds. The minimum absolute atomic E-state index is 0.227. The second-order valence-electron chi connectivity index (χ2n) is 9.24. The Morgan fingerprint density at radius 1 is 1.20 bits per heavy atom. The van der Waals surface area contributed by atoms with Gasteiger partial charge in [-0.3, -0.25) is 4.79 Å². The number of ether oxygens (including phenoxy) is 2. The van der Waals surface area contributed by atoms with Crippen LogP contribution in [0.2, 0.25) is 0 Å². The van der Waals surface area contributed by atoms with Crippen LogP contribution in [0, 0.1) is 28.6 Å². The van der Waals surface area contributed by atoms with Crippen molar-refractivity contribution in [2.45, 2.75) is 77.9 Å². The quantitative estimate of drug-likeness (QED) is 0.536. The standard InChI is InChI=1S/C22H34O3/c1-15(24-3)25-14-22-13-11-18-17(19(22)9-10-20(22)23)8-7-16-6-4-5-12-21(16,18)2/h7,15,17-19H,4-6,8-14H2,1-3H3/t15?,17-,18+,19+,21+,22-/m1/s1. The van der Waals surface area contributed by atoms with E-state index in [1.165, 1.54) is 38.5 Å². The summed E-state index contributed by atoms with van der Waals surface area (Å²) in [6, 6.07) is 0. The number of carbonyl (C=O) groups excluding carboxylic acids is 1. The third kappa shape index (κ3) is 2.65. The van der Waals surface area contributed by atoms with E-state index in [-0.39, 0.29) is 11.7 Å². The molecule has 0 aromatic rings. The highest BCUT2D eigenvalue weighted by atomic mass is 16.7. The highest BCUT2D eigenvalue weighted by Crippen LogP contribution is 2.64. The van der Waals surface area contributed by atoms with E-state index in [1.54, 1.807) is 12.7 Å². The second kappa shape index (κ2) is 6.49. The zero-order chi connectivity index (χ0) is 17.7. The molecule has 0 aromatic carbocycles. The lowest BCUT2D eigenvalue weighted by Crippen LogP contribution is -2.52. The lowest BCUT2D eigenvalue weighted by Gasteiger charge is -2.56. The van der Waals surface area contributed by atoms with Gasteiger partial charge < -0.3 is 9.47 Å². The molecule has 6 atom stereocenters. The molecule has 3 heteroatoms. The number of rotatable bonds is 4. The Kier molecular flexibility index (Phi) is 4.60. The lowest BCUT2D eigenvalue weighted by molar-refractivity contribution is -0.166. The molecule has 0 radical (unpaired) electrons. The first-order valence-corrected chi connectivity index (χ1v) is 10.4. The highest BCUT2D eigenvalue weighted by molar-refractivity contribution is 5.87. The Labute approximate surface area is 152 Å².